The van der Waals surface area contributed by atoms with Crippen LogP contribution >= 0.6 is 11.8 Å². The van der Waals surface area contributed by atoms with Crippen LogP contribution < -0.4 is 0 Å². The lowest BCUT2D eigenvalue weighted by Gasteiger charge is -2.06. The molecule has 1 aliphatic rings. The van der Waals surface area contributed by atoms with Crippen LogP contribution in [0.2, 0.25) is 0 Å². The zero-order valence-electron chi connectivity index (χ0n) is 13.5. The molecule has 2 aromatic heterocycles. The minimum Gasteiger partial charge on any atom is -0.255 e. The molecule has 5 heteroatoms. The van der Waals surface area contributed by atoms with E-state index in [2.05, 4.69) is 17.1 Å². The highest BCUT2D eigenvalue weighted by Gasteiger charge is 2.17. The van der Waals surface area contributed by atoms with E-state index >= 15 is 0 Å². The maximum absolute atomic E-state index is 4.94. The molecule has 0 bridgehead atoms. The van der Waals surface area contributed by atoms with E-state index in [-0.39, 0.29) is 0 Å². The van der Waals surface area contributed by atoms with Crippen molar-refractivity contribution < 1.29 is 0 Å². The standard InChI is InChI=1S/C20H14N4S/c1-13-16-11-14-12-21-17-9-5-6-10-18(17)25-20(14)22-19(16)24(23-13)15-7-3-2-4-8-15/h2-12H,1H3. The lowest BCUT2D eigenvalue weighted by atomic mass is 10.2. The van der Waals surface area contributed by atoms with Crippen LogP contribution in [0.25, 0.3) is 16.7 Å². The summed E-state index contributed by atoms with van der Waals surface area (Å²) in [5.41, 5.74) is 4.87. The number of hydrogen-bond acceptors (Lipinski definition) is 4. The maximum atomic E-state index is 4.94. The monoisotopic (exact) mass is 342 g/mol. The molecular formula is C20H14N4S. The highest BCUT2D eigenvalue weighted by molar-refractivity contribution is 7.99. The predicted molar refractivity (Wildman–Crippen MR) is 101 cm³/mol. The number of aryl methyl sites for hydroxylation is 1. The fourth-order valence-corrected chi connectivity index (χ4v) is 3.94. The summed E-state index contributed by atoms with van der Waals surface area (Å²) in [5, 5.41) is 6.71. The summed E-state index contributed by atoms with van der Waals surface area (Å²) in [6.45, 7) is 2.02. The third-order valence-electron chi connectivity index (χ3n) is 4.25. The van der Waals surface area contributed by atoms with E-state index < -0.39 is 0 Å². The number of aromatic nitrogens is 3. The van der Waals surface area contributed by atoms with Gasteiger partial charge in [0.25, 0.3) is 0 Å². The fourth-order valence-electron chi connectivity index (χ4n) is 3.00. The first-order valence-corrected chi connectivity index (χ1v) is 8.88. The maximum Gasteiger partial charge on any atom is 0.164 e. The Morgan fingerprint density at radius 1 is 0.960 bits per heavy atom. The minimum atomic E-state index is 0.878. The molecule has 0 spiro atoms. The summed E-state index contributed by atoms with van der Waals surface area (Å²) in [6, 6.07) is 20.4. The second-order valence-corrected chi connectivity index (χ2v) is 6.95. The molecule has 25 heavy (non-hydrogen) atoms. The van der Waals surface area contributed by atoms with E-state index in [1.54, 1.807) is 11.8 Å². The Kier molecular flexibility index (Phi) is 3.21. The highest BCUT2D eigenvalue weighted by atomic mass is 32.2. The van der Waals surface area contributed by atoms with Crippen LogP contribution in [0.1, 0.15) is 11.3 Å². The number of aliphatic imine (C=N–C) groups is 1. The van der Waals surface area contributed by atoms with Crippen LogP contribution in [-0.4, -0.2) is 21.0 Å². The number of hydrogen-bond donors (Lipinski definition) is 0. The van der Waals surface area contributed by atoms with E-state index in [1.807, 2.05) is 66.4 Å². The molecule has 120 valence electrons. The Labute approximate surface area is 149 Å². The molecule has 0 saturated carbocycles. The number of pyridine rings is 1. The van der Waals surface area contributed by atoms with Gasteiger partial charge in [-0.15, -0.1) is 0 Å². The van der Waals surface area contributed by atoms with E-state index in [0.29, 0.717) is 0 Å². The molecule has 0 aliphatic carbocycles. The topological polar surface area (TPSA) is 43.1 Å². The summed E-state index contributed by atoms with van der Waals surface area (Å²) in [4.78, 5) is 10.7. The number of rotatable bonds is 1. The van der Waals surface area contributed by atoms with Gasteiger partial charge in [-0.3, -0.25) is 4.99 Å². The normalized spacial score (nSPS) is 12.7. The first-order valence-electron chi connectivity index (χ1n) is 8.06. The highest BCUT2D eigenvalue weighted by Crippen LogP contribution is 2.39. The summed E-state index contributed by atoms with van der Waals surface area (Å²) >= 11 is 1.65. The molecule has 4 nitrogen and oxygen atoms in total. The molecule has 0 saturated heterocycles. The minimum absolute atomic E-state index is 0.878. The molecule has 0 atom stereocenters. The smallest absolute Gasteiger partial charge is 0.164 e. The van der Waals surface area contributed by atoms with E-state index in [0.717, 1.165) is 43.6 Å². The van der Waals surface area contributed by atoms with Crippen LogP contribution in [-0.2, 0) is 0 Å². The first kappa shape index (κ1) is 14.4. The molecule has 5 rings (SSSR count). The molecule has 0 radical (unpaired) electrons. The van der Waals surface area contributed by atoms with E-state index in [9.17, 15) is 0 Å². The Morgan fingerprint density at radius 2 is 1.76 bits per heavy atom. The van der Waals surface area contributed by atoms with Crippen molar-refractivity contribution in [3.63, 3.8) is 0 Å². The van der Waals surface area contributed by atoms with Gasteiger partial charge in [0.05, 0.1) is 17.1 Å². The van der Waals surface area contributed by atoms with Gasteiger partial charge in [-0.05, 0) is 37.3 Å². The zero-order valence-corrected chi connectivity index (χ0v) is 14.4. The molecule has 3 heterocycles. The van der Waals surface area contributed by atoms with Crippen molar-refractivity contribution in [2.45, 2.75) is 16.8 Å². The van der Waals surface area contributed by atoms with Crippen LogP contribution in [0.4, 0.5) is 5.69 Å². The summed E-state index contributed by atoms with van der Waals surface area (Å²) in [5.74, 6) is 0. The first-order chi connectivity index (χ1) is 12.3. The van der Waals surface area contributed by atoms with E-state index in [4.69, 9.17) is 10.1 Å². The largest absolute Gasteiger partial charge is 0.255 e. The number of nitrogens with zero attached hydrogens (tertiary/aromatic N) is 4. The summed E-state index contributed by atoms with van der Waals surface area (Å²) < 4.78 is 1.92. The van der Waals surface area contributed by atoms with Crippen LogP contribution in [0.15, 0.2) is 75.6 Å². The van der Waals surface area contributed by atoms with Crippen molar-refractivity contribution in [3.05, 3.63) is 71.9 Å². The third kappa shape index (κ3) is 2.36. The number of benzene rings is 2. The number of para-hydroxylation sites is 2. The molecule has 0 N–H and O–H groups in total. The van der Waals surface area contributed by atoms with Gasteiger partial charge in [0.15, 0.2) is 5.65 Å². The Balaban J connectivity index is 1.75. The fraction of sp³-hybridized carbons (Fsp3) is 0.0500. The van der Waals surface area contributed by atoms with Gasteiger partial charge in [-0.25, -0.2) is 9.67 Å². The lowest BCUT2D eigenvalue weighted by molar-refractivity contribution is 0.871. The zero-order chi connectivity index (χ0) is 16.8. The van der Waals surface area contributed by atoms with Gasteiger partial charge in [-0.2, -0.15) is 5.10 Å². The SMILES string of the molecule is Cc1nn(-c2ccccc2)c2nc3c(cc12)C=Nc1ccccc1S3. The van der Waals surface area contributed by atoms with Crippen molar-refractivity contribution in [1.82, 2.24) is 14.8 Å². The van der Waals surface area contributed by atoms with Crippen LogP contribution in [0.5, 0.6) is 0 Å². The molecule has 0 fully saturated rings. The average Bonchev–Trinajstić information content (AvgIpc) is 2.86. The second kappa shape index (κ2) is 5.57. The van der Waals surface area contributed by atoms with Crippen molar-refractivity contribution in [2.75, 3.05) is 0 Å². The van der Waals surface area contributed by atoms with Gasteiger partial charge in [0.1, 0.15) is 5.03 Å². The molecule has 4 aromatic rings. The van der Waals surface area contributed by atoms with Gasteiger partial charge in [0, 0.05) is 22.1 Å². The second-order valence-electron chi connectivity index (χ2n) is 5.91. The van der Waals surface area contributed by atoms with Gasteiger partial charge < -0.3 is 0 Å². The average molecular weight is 342 g/mol. The number of fused-ring (bicyclic) bond motifs is 3. The van der Waals surface area contributed by atoms with Crippen LogP contribution in [0, 0.1) is 6.92 Å². The molecule has 2 aromatic carbocycles. The lowest BCUT2D eigenvalue weighted by Crippen LogP contribution is -1.99. The van der Waals surface area contributed by atoms with Crippen molar-refractivity contribution in [3.8, 4) is 5.69 Å². The molecule has 0 amide bonds. The van der Waals surface area contributed by atoms with Crippen molar-refractivity contribution in [1.29, 1.82) is 0 Å². The van der Waals surface area contributed by atoms with Crippen molar-refractivity contribution >= 4 is 34.7 Å². The van der Waals surface area contributed by atoms with Gasteiger partial charge in [-0.1, -0.05) is 42.1 Å². The molecule has 1 aliphatic heterocycles. The summed E-state index contributed by atoms with van der Waals surface area (Å²) in [7, 11) is 0. The Morgan fingerprint density at radius 3 is 2.64 bits per heavy atom. The third-order valence-corrected chi connectivity index (χ3v) is 5.34. The Bertz CT molecular complexity index is 1130. The molecular weight excluding hydrogens is 328 g/mol. The van der Waals surface area contributed by atoms with Gasteiger partial charge >= 0.3 is 0 Å². The summed E-state index contributed by atoms with van der Waals surface area (Å²) in [6.07, 6.45) is 1.90. The Hall–Kier alpha value is -2.92. The quantitative estimate of drug-likeness (QED) is 0.433. The predicted octanol–water partition coefficient (Wildman–Crippen LogP) is 4.94. The van der Waals surface area contributed by atoms with E-state index in [1.165, 1.54) is 0 Å². The van der Waals surface area contributed by atoms with Crippen molar-refractivity contribution in [2.24, 2.45) is 4.99 Å². The molecule has 0 unspecified atom stereocenters. The van der Waals surface area contributed by atoms with Gasteiger partial charge in [0.2, 0.25) is 0 Å². The van der Waals surface area contributed by atoms with Crippen LogP contribution in [0.3, 0.4) is 0 Å².